The quantitative estimate of drug-likeness (QED) is 0.0894. The van der Waals surface area contributed by atoms with E-state index >= 15 is 0 Å². The van der Waals surface area contributed by atoms with Gasteiger partial charge in [0.25, 0.3) is 0 Å². The highest BCUT2D eigenvalue weighted by atomic mass is 16.8. The van der Waals surface area contributed by atoms with Gasteiger partial charge in [0.1, 0.15) is 23.3 Å². The van der Waals surface area contributed by atoms with Crippen LogP contribution in [0.3, 0.4) is 0 Å². The molecule has 0 heterocycles. The number of ether oxygens (including phenoxy) is 6. The van der Waals surface area contributed by atoms with Crippen LogP contribution in [0.1, 0.15) is 105 Å². The standard InChI is InChI=1S/C30H47NO11/c1-9-12-13-16-37-26(34)38-19(4)17-21(24(31)25(32)33)20-14-15-22(39-27(35)41-29(5,6)10-2)23(18-20)40-28(36)42-30(7,8)11-3/h14-15,18-19,21,24H,9-13,16-17,31H2,1-8H3,(H,32,33)/t19?,21?,24-/m0/s1. The topological polar surface area (TPSA) is 170 Å². The third kappa shape index (κ3) is 13.0. The first-order valence-corrected chi connectivity index (χ1v) is 14.3. The van der Waals surface area contributed by atoms with Crippen molar-refractivity contribution in [3.8, 4) is 11.5 Å². The van der Waals surface area contributed by atoms with Crippen LogP contribution in [0.2, 0.25) is 0 Å². The number of carbonyl (C=O) groups excluding carboxylic acids is 3. The molecule has 238 valence electrons. The maximum Gasteiger partial charge on any atom is 0.514 e. The summed E-state index contributed by atoms with van der Waals surface area (Å²) in [4.78, 5) is 49.1. The highest BCUT2D eigenvalue weighted by molar-refractivity contribution is 5.75. The summed E-state index contributed by atoms with van der Waals surface area (Å²) in [5, 5.41) is 9.70. The zero-order chi connectivity index (χ0) is 32.1. The van der Waals surface area contributed by atoms with Gasteiger partial charge in [-0.3, -0.25) is 4.79 Å². The van der Waals surface area contributed by atoms with Crippen LogP contribution < -0.4 is 15.2 Å². The number of benzene rings is 1. The number of carbonyl (C=O) groups is 4. The normalized spacial score (nSPS) is 13.7. The number of aliphatic carboxylic acids is 1. The monoisotopic (exact) mass is 597 g/mol. The van der Waals surface area contributed by atoms with Crippen LogP contribution in [0, 0.1) is 0 Å². The molecule has 3 atom stereocenters. The molecule has 0 aliphatic carbocycles. The molecule has 12 nitrogen and oxygen atoms in total. The smallest absolute Gasteiger partial charge is 0.480 e. The summed E-state index contributed by atoms with van der Waals surface area (Å²) in [5.41, 5.74) is 4.70. The largest absolute Gasteiger partial charge is 0.514 e. The Morgan fingerprint density at radius 2 is 1.40 bits per heavy atom. The number of carboxylic acid groups (broad SMARTS) is 1. The van der Waals surface area contributed by atoms with Crippen LogP contribution in [0.5, 0.6) is 11.5 Å². The van der Waals surface area contributed by atoms with E-state index in [0.29, 0.717) is 24.8 Å². The lowest BCUT2D eigenvalue weighted by Crippen LogP contribution is -2.38. The number of rotatable bonds is 16. The van der Waals surface area contributed by atoms with Crippen molar-refractivity contribution in [1.82, 2.24) is 0 Å². The molecule has 0 saturated heterocycles. The van der Waals surface area contributed by atoms with Crippen molar-refractivity contribution in [3.05, 3.63) is 23.8 Å². The molecule has 1 aromatic rings. The lowest BCUT2D eigenvalue weighted by Gasteiger charge is -2.26. The van der Waals surface area contributed by atoms with Crippen molar-refractivity contribution in [1.29, 1.82) is 0 Å². The molecule has 0 radical (unpaired) electrons. The summed E-state index contributed by atoms with van der Waals surface area (Å²) in [6, 6.07) is 2.72. The van der Waals surface area contributed by atoms with Gasteiger partial charge in [-0.15, -0.1) is 0 Å². The average Bonchev–Trinajstić information content (AvgIpc) is 2.89. The van der Waals surface area contributed by atoms with Gasteiger partial charge in [0, 0.05) is 5.92 Å². The average molecular weight is 598 g/mol. The fourth-order valence-electron chi connectivity index (χ4n) is 3.51. The molecule has 0 bridgehead atoms. The van der Waals surface area contributed by atoms with E-state index in [1.807, 2.05) is 20.8 Å². The van der Waals surface area contributed by atoms with Crippen molar-refractivity contribution < 1.29 is 52.7 Å². The van der Waals surface area contributed by atoms with Crippen LogP contribution in [-0.2, 0) is 23.7 Å². The molecule has 0 amide bonds. The highest BCUT2D eigenvalue weighted by Crippen LogP contribution is 2.35. The van der Waals surface area contributed by atoms with E-state index < -0.39 is 53.7 Å². The van der Waals surface area contributed by atoms with E-state index in [-0.39, 0.29) is 24.5 Å². The van der Waals surface area contributed by atoms with Crippen LogP contribution in [0.25, 0.3) is 0 Å². The molecule has 0 aliphatic rings. The second-order valence-corrected chi connectivity index (χ2v) is 11.3. The molecular weight excluding hydrogens is 550 g/mol. The van der Waals surface area contributed by atoms with Gasteiger partial charge in [-0.2, -0.15) is 0 Å². The minimum Gasteiger partial charge on any atom is -0.480 e. The maximum absolute atomic E-state index is 12.6. The predicted octanol–water partition coefficient (Wildman–Crippen LogP) is 6.71. The van der Waals surface area contributed by atoms with Crippen LogP contribution in [0.4, 0.5) is 14.4 Å². The van der Waals surface area contributed by atoms with Gasteiger partial charge >= 0.3 is 24.4 Å². The predicted molar refractivity (Wildman–Crippen MR) is 154 cm³/mol. The van der Waals surface area contributed by atoms with Gasteiger partial charge < -0.3 is 39.3 Å². The molecule has 42 heavy (non-hydrogen) atoms. The minimum atomic E-state index is -1.42. The molecule has 0 spiro atoms. The molecule has 1 rings (SSSR count). The molecule has 1 aromatic carbocycles. The van der Waals surface area contributed by atoms with Gasteiger partial charge in [-0.1, -0.05) is 39.7 Å². The Balaban J connectivity index is 3.32. The summed E-state index contributed by atoms with van der Waals surface area (Å²) in [7, 11) is 0. The molecule has 0 aromatic heterocycles. The van der Waals surface area contributed by atoms with Crippen molar-refractivity contribution in [2.24, 2.45) is 5.73 Å². The third-order valence-corrected chi connectivity index (χ3v) is 6.77. The van der Waals surface area contributed by atoms with Crippen molar-refractivity contribution in [2.45, 2.75) is 123 Å². The van der Waals surface area contributed by atoms with Gasteiger partial charge in [0.2, 0.25) is 0 Å². The summed E-state index contributed by atoms with van der Waals surface area (Å²) < 4.78 is 31.8. The Kier molecular flexibility index (Phi) is 14.6. The summed E-state index contributed by atoms with van der Waals surface area (Å²) in [5.74, 6) is -2.59. The van der Waals surface area contributed by atoms with E-state index in [0.717, 1.165) is 12.8 Å². The Labute approximate surface area is 248 Å². The lowest BCUT2D eigenvalue weighted by atomic mass is 9.87. The van der Waals surface area contributed by atoms with E-state index in [4.69, 9.17) is 34.2 Å². The Hall–Kier alpha value is -3.54. The number of nitrogens with two attached hydrogens (primary N) is 1. The fourth-order valence-corrected chi connectivity index (χ4v) is 3.51. The van der Waals surface area contributed by atoms with Crippen molar-refractivity contribution >= 4 is 24.4 Å². The third-order valence-electron chi connectivity index (χ3n) is 6.77. The molecule has 2 unspecified atom stereocenters. The number of hydrogen-bond donors (Lipinski definition) is 2. The van der Waals surface area contributed by atoms with Gasteiger partial charge in [0.15, 0.2) is 11.5 Å². The molecule has 3 N–H and O–H groups in total. The highest BCUT2D eigenvalue weighted by Gasteiger charge is 2.31. The molecular formula is C30H47NO11. The molecule has 0 saturated carbocycles. The zero-order valence-corrected chi connectivity index (χ0v) is 26.0. The van der Waals surface area contributed by atoms with Crippen LogP contribution in [0.15, 0.2) is 18.2 Å². The van der Waals surface area contributed by atoms with Crippen LogP contribution >= 0.6 is 0 Å². The molecule has 12 heteroatoms. The number of carboxylic acids is 1. The first-order chi connectivity index (χ1) is 19.5. The van der Waals surface area contributed by atoms with Gasteiger partial charge in [-0.25, -0.2) is 14.4 Å². The van der Waals surface area contributed by atoms with Crippen LogP contribution in [-0.4, -0.2) is 59.5 Å². The second kappa shape index (κ2) is 16.8. The van der Waals surface area contributed by atoms with Gasteiger partial charge in [0.05, 0.1) is 6.61 Å². The van der Waals surface area contributed by atoms with E-state index in [1.165, 1.54) is 18.2 Å². The van der Waals surface area contributed by atoms with Crippen molar-refractivity contribution in [3.63, 3.8) is 0 Å². The first kappa shape index (κ1) is 36.5. The van der Waals surface area contributed by atoms with Crippen molar-refractivity contribution in [2.75, 3.05) is 6.61 Å². The minimum absolute atomic E-state index is 0.00276. The molecule has 0 fully saturated rings. The summed E-state index contributed by atoms with van der Waals surface area (Å²) >= 11 is 0. The Morgan fingerprint density at radius 1 is 0.857 bits per heavy atom. The summed E-state index contributed by atoms with van der Waals surface area (Å²) in [6.07, 6.45) is -0.159. The zero-order valence-electron chi connectivity index (χ0n) is 26.0. The van der Waals surface area contributed by atoms with E-state index in [9.17, 15) is 24.3 Å². The maximum atomic E-state index is 12.6. The summed E-state index contributed by atoms with van der Waals surface area (Å²) in [6.45, 7) is 14.3. The van der Waals surface area contributed by atoms with E-state index in [1.54, 1.807) is 34.6 Å². The number of hydrogen-bond acceptors (Lipinski definition) is 11. The second-order valence-electron chi connectivity index (χ2n) is 11.3. The molecule has 0 aliphatic heterocycles. The first-order valence-electron chi connectivity index (χ1n) is 14.3. The fraction of sp³-hybridized carbons (Fsp3) is 0.667. The SMILES string of the molecule is CCCCCOC(=O)OC(C)CC(c1ccc(OC(=O)OC(C)(C)CC)c(OC(=O)OC(C)(C)CC)c1)[C@H](N)C(=O)O. The Bertz CT molecular complexity index is 1050. The number of unbranched alkanes of at least 4 members (excludes halogenated alkanes) is 2. The van der Waals surface area contributed by atoms with E-state index in [2.05, 4.69) is 0 Å². The Morgan fingerprint density at radius 3 is 1.90 bits per heavy atom. The lowest BCUT2D eigenvalue weighted by molar-refractivity contribution is -0.139. The van der Waals surface area contributed by atoms with Gasteiger partial charge in [-0.05, 0) is 78.0 Å².